The van der Waals surface area contributed by atoms with Gasteiger partial charge in [-0.05, 0) is 46.9 Å². The number of hydrogen-bond acceptors (Lipinski definition) is 3. The van der Waals surface area contributed by atoms with E-state index in [1.165, 1.54) is 16.8 Å². The van der Waals surface area contributed by atoms with Gasteiger partial charge in [0.15, 0.2) is 0 Å². The van der Waals surface area contributed by atoms with Crippen LogP contribution in [0.5, 0.6) is 5.75 Å². The van der Waals surface area contributed by atoms with Gasteiger partial charge in [-0.2, -0.15) is 0 Å². The van der Waals surface area contributed by atoms with E-state index in [4.69, 9.17) is 4.74 Å². The molecule has 0 atom stereocenters. The number of benzene rings is 3. The van der Waals surface area contributed by atoms with Gasteiger partial charge in [0.2, 0.25) is 5.91 Å². The van der Waals surface area contributed by atoms with Crippen molar-refractivity contribution in [1.29, 1.82) is 0 Å². The van der Waals surface area contributed by atoms with Gasteiger partial charge in [-0.15, -0.1) is 0 Å². The minimum Gasteiger partial charge on any atom is -0.497 e. The minimum absolute atomic E-state index is 0.0212. The van der Waals surface area contributed by atoms with Crippen molar-refractivity contribution in [2.24, 2.45) is 0 Å². The number of hydrogen-bond donors (Lipinski definition) is 1. The van der Waals surface area contributed by atoms with Crippen LogP contribution in [0.1, 0.15) is 22.3 Å². The van der Waals surface area contributed by atoms with Gasteiger partial charge in [0, 0.05) is 25.3 Å². The second-order valence-electron chi connectivity index (χ2n) is 7.42. The van der Waals surface area contributed by atoms with Crippen molar-refractivity contribution in [3.05, 3.63) is 95.1 Å². The van der Waals surface area contributed by atoms with Crippen molar-refractivity contribution >= 4 is 11.6 Å². The lowest BCUT2D eigenvalue weighted by Crippen LogP contribution is -2.24. The minimum atomic E-state index is 0.0212. The molecule has 0 aliphatic carbocycles. The number of ether oxygens (including phenoxy) is 1. The third-order valence-electron chi connectivity index (χ3n) is 5.39. The normalized spacial score (nSPS) is 12.5. The largest absolute Gasteiger partial charge is 0.497 e. The fourth-order valence-electron chi connectivity index (χ4n) is 3.75. The molecule has 0 saturated carbocycles. The zero-order valence-electron chi connectivity index (χ0n) is 16.7. The number of carbonyl (C=O) groups is 1. The zero-order chi connectivity index (χ0) is 20.1. The van der Waals surface area contributed by atoms with Crippen molar-refractivity contribution in [2.75, 3.05) is 18.6 Å². The number of carbonyl (C=O) groups excluding carboxylic acids is 1. The SMILES string of the molecule is COc1ccc(CC(=O)NCc2ccc(CN3CCc4ccccc43)cc2)cc1. The highest BCUT2D eigenvalue weighted by Crippen LogP contribution is 2.28. The monoisotopic (exact) mass is 386 g/mol. The molecule has 1 N–H and O–H groups in total. The molecule has 1 aliphatic rings. The van der Waals surface area contributed by atoms with E-state index >= 15 is 0 Å². The summed E-state index contributed by atoms with van der Waals surface area (Å²) < 4.78 is 5.14. The average molecular weight is 386 g/mol. The van der Waals surface area contributed by atoms with Crippen LogP contribution in [0.25, 0.3) is 0 Å². The van der Waals surface area contributed by atoms with Crippen LogP contribution in [-0.4, -0.2) is 19.6 Å². The Balaban J connectivity index is 1.27. The Hall–Kier alpha value is -3.27. The van der Waals surface area contributed by atoms with Crippen molar-refractivity contribution in [2.45, 2.75) is 25.9 Å². The molecule has 1 amide bonds. The number of anilines is 1. The molecule has 29 heavy (non-hydrogen) atoms. The van der Waals surface area contributed by atoms with Crippen molar-refractivity contribution in [1.82, 2.24) is 5.32 Å². The van der Waals surface area contributed by atoms with Gasteiger partial charge >= 0.3 is 0 Å². The summed E-state index contributed by atoms with van der Waals surface area (Å²) >= 11 is 0. The topological polar surface area (TPSA) is 41.6 Å². The number of fused-ring (bicyclic) bond motifs is 1. The first-order valence-electron chi connectivity index (χ1n) is 10.0. The Labute approximate surface area is 172 Å². The lowest BCUT2D eigenvalue weighted by molar-refractivity contribution is -0.120. The molecule has 0 radical (unpaired) electrons. The molecule has 4 nitrogen and oxygen atoms in total. The molecule has 0 unspecified atom stereocenters. The number of nitrogens with one attached hydrogen (secondary N) is 1. The highest BCUT2D eigenvalue weighted by Gasteiger charge is 2.18. The lowest BCUT2D eigenvalue weighted by atomic mass is 10.1. The van der Waals surface area contributed by atoms with Gasteiger partial charge in [-0.3, -0.25) is 4.79 Å². The summed E-state index contributed by atoms with van der Waals surface area (Å²) in [5.74, 6) is 0.819. The van der Waals surface area contributed by atoms with E-state index in [1.54, 1.807) is 7.11 Å². The van der Waals surface area contributed by atoms with Gasteiger partial charge in [-0.1, -0.05) is 54.6 Å². The Kier molecular flexibility index (Phi) is 5.80. The predicted molar refractivity (Wildman–Crippen MR) is 116 cm³/mol. The molecule has 3 aromatic rings. The molecule has 4 rings (SSSR count). The summed E-state index contributed by atoms with van der Waals surface area (Å²) in [7, 11) is 1.64. The van der Waals surface area contributed by atoms with Gasteiger partial charge in [0.1, 0.15) is 5.75 Å². The molecule has 0 aromatic heterocycles. The van der Waals surface area contributed by atoms with Gasteiger partial charge in [0.05, 0.1) is 13.5 Å². The van der Waals surface area contributed by atoms with Crippen molar-refractivity contribution < 1.29 is 9.53 Å². The Morgan fingerprint density at radius 3 is 2.38 bits per heavy atom. The predicted octanol–water partition coefficient (Wildman–Crippen LogP) is 4.12. The number of amides is 1. The van der Waals surface area contributed by atoms with E-state index in [1.807, 2.05) is 24.3 Å². The summed E-state index contributed by atoms with van der Waals surface area (Å²) in [6.07, 6.45) is 1.49. The Morgan fingerprint density at radius 2 is 1.62 bits per heavy atom. The molecular formula is C25H26N2O2. The molecular weight excluding hydrogens is 360 g/mol. The van der Waals surface area contributed by atoms with Crippen LogP contribution in [0.15, 0.2) is 72.8 Å². The first-order chi connectivity index (χ1) is 14.2. The van der Waals surface area contributed by atoms with E-state index in [9.17, 15) is 4.79 Å². The molecule has 0 saturated heterocycles. The van der Waals surface area contributed by atoms with Crippen LogP contribution in [-0.2, 0) is 30.7 Å². The van der Waals surface area contributed by atoms with Crippen LogP contribution in [0, 0.1) is 0 Å². The van der Waals surface area contributed by atoms with Gasteiger partial charge < -0.3 is 15.0 Å². The van der Waals surface area contributed by atoms with Crippen LogP contribution in [0.3, 0.4) is 0 Å². The Morgan fingerprint density at radius 1 is 0.931 bits per heavy atom. The quantitative estimate of drug-likeness (QED) is 0.664. The molecule has 4 heteroatoms. The molecule has 3 aromatic carbocycles. The average Bonchev–Trinajstić information content (AvgIpc) is 3.17. The fraction of sp³-hybridized carbons (Fsp3) is 0.240. The number of rotatable bonds is 7. The number of methoxy groups -OCH3 is 1. The molecule has 0 bridgehead atoms. The maximum absolute atomic E-state index is 12.2. The third-order valence-corrected chi connectivity index (χ3v) is 5.39. The smallest absolute Gasteiger partial charge is 0.224 e. The highest BCUT2D eigenvalue weighted by molar-refractivity contribution is 5.78. The number of nitrogens with zero attached hydrogens (tertiary/aromatic N) is 1. The number of para-hydroxylation sites is 1. The summed E-state index contributed by atoms with van der Waals surface area (Å²) in [6, 6.07) is 24.7. The maximum atomic E-state index is 12.2. The van der Waals surface area contributed by atoms with E-state index in [0.29, 0.717) is 13.0 Å². The Bertz CT molecular complexity index is 965. The second-order valence-corrected chi connectivity index (χ2v) is 7.42. The summed E-state index contributed by atoms with van der Waals surface area (Å²) in [5, 5.41) is 3.00. The molecule has 0 spiro atoms. The van der Waals surface area contributed by atoms with Crippen LogP contribution < -0.4 is 15.0 Å². The second kappa shape index (κ2) is 8.82. The molecule has 1 heterocycles. The van der Waals surface area contributed by atoms with E-state index in [2.05, 4.69) is 58.7 Å². The fourth-order valence-corrected chi connectivity index (χ4v) is 3.75. The molecule has 1 aliphatic heterocycles. The van der Waals surface area contributed by atoms with Gasteiger partial charge in [-0.25, -0.2) is 0 Å². The zero-order valence-corrected chi connectivity index (χ0v) is 16.7. The van der Waals surface area contributed by atoms with E-state index in [0.717, 1.165) is 36.4 Å². The molecule has 148 valence electrons. The highest BCUT2D eigenvalue weighted by atomic mass is 16.5. The summed E-state index contributed by atoms with van der Waals surface area (Å²) in [6.45, 7) is 2.53. The lowest BCUT2D eigenvalue weighted by Gasteiger charge is -2.19. The standard InChI is InChI=1S/C25H26N2O2/c1-29-23-12-10-19(11-13-23)16-25(28)26-17-20-6-8-21(9-7-20)18-27-15-14-22-4-2-3-5-24(22)27/h2-13H,14-18H2,1H3,(H,26,28). The van der Waals surface area contributed by atoms with E-state index in [-0.39, 0.29) is 5.91 Å². The van der Waals surface area contributed by atoms with Crippen molar-refractivity contribution in [3.8, 4) is 5.75 Å². The van der Waals surface area contributed by atoms with Crippen LogP contribution in [0.4, 0.5) is 5.69 Å². The summed E-state index contributed by atoms with van der Waals surface area (Å²) in [5.41, 5.74) is 6.16. The van der Waals surface area contributed by atoms with Gasteiger partial charge in [0.25, 0.3) is 0 Å². The van der Waals surface area contributed by atoms with Crippen molar-refractivity contribution in [3.63, 3.8) is 0 Å². The third kappa shape index (κ3) is 4.77. The van der Waals surface area contributed by atoms with Crippen LogP contribution >= 0.6 is 0 Å². The summed E-state index contributed by atoms with van der Waals surface area (Å²) in [4.78, 5) is 14.6. The molecule has 0 fully saturated rings. The first-order valence-corrected chi connectivity index (χ1v) is 10.0. The van der Waals surface area contributed by atoms with Crippen LogP contribution in [0.2, 0.25) is 0 Å². The maximum Gasteiger partial charge on any atom is 0.224 e. The van der Waals surface area contributed by atoms with E-state index < -0.39 is 0 Å². The first kappa shape index (κ1) is 19.1.